The summed E-state index contributed by atoms with van der Waals surface area (Å²) in [4.78, 5) is 33.6. The normalized spacial score (nSPS) is 10.7. The molecule has 2 N–H and O–H groups in total. The van der Waals surface area contributed by atoms with Gasteiger partial charge in [-0.15, -0.1) is 0 Å². The van der Waals surface area contributed by atoms with E-state index in [9.17, 15) is 9.59 Å². The Balaban J connectivity index is 1.77. The Morgan fingerprint density at radius 1 is 1.04 bits per heavy atom. The molecule has 7 nitrogen and oxygen atoms in total. The Bertz CT molecular complexity index is 921. The van der Waals surface area contributed by atoms with E-state index in [2.05, 4.69) is 27.5 Å². The predicted octanol–water partition coefficient (Wildman–Crippen LogP) is 2.58. The molecule has 140 valence electrons. The number of hydrogen-bond acceptors (Lipinski definition) is 4. The van der Waals surface area contributed by atoms with E-state index in [1.807, 2.05) is 24.3 Å². The van der Waals surface area contributed by atoms with Crippen molar-refractivity contribution in [3.05, 3.63) is 66.0 Å². The molecule has 0 atom stereocenters. The molecule has 0 aliphatic carbocycles. The Kier molecular flexibility index (Phi) is 6.14. The number of unbranched alkanes of at least 4 members (excludes halogenated alkanes) is 2. The highest BCUT2D eigenvalue weighted by atomic mass is 16.2. The molecule has 0 saturated heterocycles. The summed E-state index contributed by atoms with van der Waals surface area (Å²) in [7, 11) is 0. The molecule has 0 saturated carbocycles. The molecule has 3 aromatic rings. The number of imidazole rings is 1. The maximum Gasteiger partial charge on any atom is 0.287 e. The van der Waals surface area contributed by atoms with Crippen LogP contribution in [0.1, 0.15) is 53.0 Å². The summed E-state index contributed by atoms with van der Waals surface area (Å²) < 4.78 is 1.64. The van der Waals surface area contributed by atoms with Gasteiger partial charge in [-0.1, -0.05) is 31.9 Å². The van der Waals surface area contributed by atoms with Gasteiger partial charge in [0.15, 0.2) is 5.69 Å². The van der Waals surface area contributed by atoms with Gasteiger partial charge in [0.25, 0.3) is 11.8 Å². The largest absolute Gasteiger partial charge is 0.349 e. The molecule has 0 radical (unpaired) electrons. The monoisotopic (exact) mass is 365 g/mol. The smallest absolute Gasteiger partial charge is 0.287 e. The van der Waals surface area contributed by atoms with Gasteiger partial charge in [-0.3, -0.25) is 19.0 Å². The lowest BCUT2D eigenvalue weighted by atomic mass is 10.2. The molecule has 0 spiro atoms. The molecule has 3 heterocycles. The van der Waals surface area contributed by atoms with Crippen molar-refractivity contribution < 1.29 is 9.59 Å². The van der Waals surface area contributed by atoms with Gasteiger partial charge in [0, 0.05) is 18.9 Å². The first-order valence-corrected chi connectivity index (χ1v) is 9.14. The minimum absolute atomic E-state index is 0.213. The summed E-state index contributed by atoms with van der Waals surface area (Å²) in [5, 5.41) is 5.68. The molecule has 27 heavy (non-hydrogen) atoms. The van der Waals surface area contributed by atoms with Crippen LogP contribution in [0.15, 0.2) is 48.8 Å². The van der Waals surface area contributed by atoms with Crippen molar-refractivity contribution in [1.29, 1.82) is 0 Å². The first kappa shape index (κ1) is 18.6. The second kappa shape index (κ2) is 8.93. The highest BCUT2D eigenvalue weighted by molar-refractivity contribution is 6.02. The van der Waals surface area contributed by atoms with Crippen molar-refractivity contribution in [3.63, 3.8) is 0 Å². The van der Waals surface area contributed by atoms with Crippen molar-refractivity contribution in [2.45, 2.75) is 32.7 Å². The van der Waals surface area contributed by atoms with E-state index in [1.54, 1.807) is 28.9 Å². The number of carbonyl (C=O) groups is 2. The van der Waals surface area contributed by atoms with Crippen LogP contribution in [0.2, 0.25) is 0 Å². The van der Waals surface area contributed by atoms with Crippen molar-refractivity contribution in [1.82, 2.24) is 25.0 Å². The molecule has 3 rings (SSSR count). The number of aromatic nitrogens is 3. The fourth-order valence-corrected chi connectivity index (χ4v) is 2.78. The summed E-state index contributed by atoms with van der Waals surface area (Å²) in [6.45, 7) is 3.00. The SMILES string of the molecule is CCCCCNC(=O)c1nc(C(=O)NCc2ccccn2)c2ccccn12. The van der Waals surface area contributed by atoms with E-state index >= 15 is 0 Å². The third-order valence-corrected chi connectivity index (χ3v) is 4.19. The molecule has 0 unspecified atom stereocenters. The zero-order chi connectivity index (χ0) is 19.1. The number of pyridine rings is 2. The van der Waals surface area contributed by atoms with Crippen LogP contribution in [0.25, 0.3) is 5.52 Å². The summed E-state index contributed by atoms with van der Waals surface area (Å²) in [6.07, 6.45) is 6.48. The number of fused-ring (bicyclic) bond motifs is 1. The van der Waals surface area contributed by atoms with Crippen LogP contribution in [-0.2, 0) is 6.54 Å². The van der Waals surface area contributed by atoms with Crippen molar-refractivity contribution in [2.75, 3.05) is 6.54 Å². The number of rotatable bonds is 8. The Labute approximate surface area is 157 Å². The maximum absolute atomic E-state index is 12.6. The zero-order valence-electron chi connectivity index (χ0n) is 15.3. The molecule has 2 amide bonds. The molecule has 0 bridgehead atoms. The van der Waals surface area contributed by atoms with E-state index in [-0.39, 0.29) is 23.3 Å². The van der Waals surface area contributed by atoms with Crippen LogP contribution in [0.4, 0.5) is 0 Å². The fraction of sp³-hybridized carbons (Fsp3) is 0.300. The van der Waals surface area contributed by atoms with Gasteiger partial charge in [0.2, 0.25) is 5.82 Å². The van der Waals surface area contributed by atoms with E-state index in [4.69, 9.17) is 0 Å². The molecule has 0 aromatic carbocycles. The van der Waals surface area contributed by atoms with Gasteiger partial charge in [-0.2, -0.15) is 0 Å². The predicted molar refractivity (Wildman–Crippen MR) is 102 cm³/mol. The van der Waals surface area contributed by atoms with Gasteiger partial charge < -0.3 is 10.6 Å². The lowest BCUT2D eigenvalue weighted by Crippen LogP contribution is -2.27. The third kappa shape index (κ3) is 4.49. The summed E-state index contributed by atoms with van der Waals surface area (Å²) >= 11 is 0. The highest BCUT2D eigenvalue weighted by Gasteiger charge is 2.21. The Morgan fingerprint density at radius 2 is 1.89 bits per heavy atom. The van der Waals surface area contributed by atoms with Crippen LogP contribution in [0, 0.1) is 0 Å². The molecule has 7 heteroatoms. The number of nitrogens with zero attached hydrogens (tertiary/aromatic N) is 3. The van der Waals surface area contributed by atoms with Crippen molar-refractivity contribution >= 4 is 17.3 Å². The van der Waals surface area contributed by atoms with Gasteiger partial charge >= 0.3 is 0 Å². The first-order chi connectivity index (χ1) is 13.2. The van der Waals surface area contributed by atoms with Crippen molar-refractivity contribution in [2.24, 2.45) is 0 Å². The first-order valence-electron chi connectivity index (χ1n) is 9.14. The Morgan fingerprint density at radius 3 is 2.67 bits per heavy atom. The topological polar surface area (TPSA) is 88.4 Å². The van der Waals surface area contributed by atoms with Gasteiger partial charge in [0.1, 0.15) is 0 Å². The summed E-state index contributed by atoms with van der Waals surface area (Å²) in [5.41, 5.74) is 1.57. The van der Waals surface area contributed by atoms with E-state index in [0.717, 1.165) is 25.0 Å². The standard InChI is InChI=1S/C20H23N5O2/c1-2-3-6-12-22-20(27)18-24-17(16-10-5-8-13-25(16)18)19(26)23-14-15-9-4-7-11-21-15/h4-5,7-11,13H,2-3,6,12,14H2,1H3,(H,22,27)(H,23,26). The number of amides is 2. The average Bonchev–Trinajstić information content (AvgIpc) is 3.10. The number of nitrogens with one attached hydrogen (secondary N) is 2. The van der Waals surface area contributed by atoms with Gasteiger partial charge in [0.05, 0.1) is 17.8 Å². The Hall–Kier alpha value is -3.22. The van der Waals surface area contributed by atoms with E-state index < -0.39 is 0 Å². The molecule has 3 aromatic heterocycles. The quantitative estimate of drug-likeness (QED) is 0.601. The average molecular weight is 365 g/mol. The third-order valence-electron chi connectivity index (χ3n) is 4.19. The number of carbonyl (C=O) groups excluding carboxylic acids is 2. The van der Waals surface area contributed by atoms with Crippen LogP contribution in [0.3, 0.4) is 0 Å². The second-order valence-corrected chi connectivity index (χ2v) is 6.21. The molecule has 0 fully saturated rings. The van der Waals surface area contributed by atoms with Crippen LogP contribution >= 0.6 is 0 Å². The minimum Gasteiger partial charge on any atom is -0.349 e. The lowest BCUT2D eigenvalue weighted by Gasteiger charge is -2.03. The van der Waals surface area contributed by atoms with Crippen LogP contribution < -0.4 is 10.6 Å². The van der Waals surface area contributed by atoms with Gasteiger partial charge in [-0.25, -0.2) is 4.98 Å². The van der Waals surface area contributed by atoms with Crippen LogP contribution in [0.5, 0.6) is 0 Å². The second-order valence-electron chi connectivity index (χ2n) is 6.21. The molecule has 0 aliphatic heterocycles. The number of hydrogen-bond donors (Lipinski definition) is 2. The molecular formula is C20H23N5O2. The molecular weight excluding hydrogens is 342 g/mol. The zero-order valence-corrected chi connectivity index (χ0v) is 15.3. The van der Waals surface area contributed by atoms with Crippen molar-refractivity contribution in [3.8, 4) is 0 Å². The van der Waals surface area contributed by atoms with E-state index in [1.165, 1.54) is 0 Å². The highest BCUT2D eigenvalue weighted by Crippen LogP contribution is 2.13. The van der Waals surface area contributed by atoms with Gasteiger partial charge in [-0.05, 0) is 30.7 Å². The minimum atomic E-state index is -0.339. The summed E-state index contributed by atoms with van der Waals surface area (Å²) in [5.74, 6) is -0.407. The fourth-order valence-electron chi connectivity index (χ4n) is 2.78. The maximum atomic E-state index is 12.6. The molecule has 0 aliphatic rings. The van der Waals surface area contributed by atoms with Crippen LogP contribution in [-0.4, -0.2) is 32.7 Å². The lowest BCUT2D eigenvalue weighted by molar-refractivity contribution is 0.0941. The summed E-state index contributed by atoms with van der Waals surface area (Å²) in [6, 6.07) is 10.9. The van der Waals surface area contributed by atoms with E-state index in [0.29, 0.717) is 18.6 Å².